The van der Waals surface area contributed by atoms with Crippen LogP contribution in [0.25, 0.3) is 0 Å². The van der Waals surface area contributed by atoms with Crippen molar-refractivity contribution in [1.29, 1.82) is 0 Å². The first-order valence-electron chi connectivity index (χ1n) is 6.38. The molecule has 0 N–H and O–H groups in total. The molecule has 0 saturated carbocycles. The highest BCUT2D eigenvalue weighted by Crippen LogP contribution is 2.46. The monoisotopic (exact) mass is 296 g/mol. The second-order valence-electron chi connectivity index (χ2n) is 4.02. The van der Waals surface area contributed by atoms with E-state index in [2.05, 4.69) is 22.3 Å². The summed E-state index contributed by atoms with van der Waals surface area (Å²) in [6, 6.07) is 19.4. The Labute approximate surface area is 127 Å². The van der Waals surface area contributed by atoms with Crippen LogP contribution < -0.4 is 0 Å². The quantitative estimate of drug-likeness (QED) is 0.782. The highest BCUT2D eigenvalue weighted by atomic mass is 32.3. The molecule has 0 bridgehead atoms. The van der Waals surface area contributed by atoms with Crippen LogP contribution in [0.15, 0.2) is 60.7 Å². The molecule has 0 radical (unpaired) electrons. The lowest BCUT2D eigenvalue weighted by molar-refractivity contribution is 0.366. The van der Waals surface area contributed by atoms with Crippen molar-refractivity contribution in [1.82, 2.24) is 0 Å². The molecule has 2 aromatic carbocycles. The molecule has 2 nitrogen and oxygen atoms in total. The van der Waals surface area contributed by atoms with E-state index in [0.717, 1.165) is 11.1 Å². The molecule has 0 spiro atoms. The summed E-state index contributed by atoms with van der Waals surface area (Å²) in [6.45, 7) is 0. The number of hydrogen-bond donors (Lipinski definition) is 0. The second kappa shape index (κ2) is 7.57. The Morgan fingerprint density at radius 2 is 1.05 bits per heavy atom. The molecule has 106 valence electrons. The third kappa shape index (κ3) is 4.41. The summed E-state index contributed by atoms with van der Waals surface area (Å²) in [4.78, 5) is 0. The van der Waals surface area contributed by atoms with Crippen LogP contribution in [-0.4, -0.2) is 14.2 Å². The van der Waals surface area contributed by atoms with Gasteiger partial charge < -0.3 is 0 Å². The van der Waals surface area contributed by atoms with E-state index in [4.69, 9.17) is 8.37 Å². The highest BCUT2D eigenvalue weighted by molar-refractivity contribution is 8.33. The van der Waals surface area contributed by atoms with E-state index < -0.39 is 10.6 Å². The average molecular weight is 296 g/mol. The summed E-state index contributed by atoms with van der Waals surface area (Å²) in [5.74, 6) is 6.12. The molecule has 0 amide bonds. The Morgan fingerprint density at radius 3 is 1.38 bits per heavy atom. The van der Waals surface area contributed by atoms with Gasteiger partial charge in [0.2, 0.25) is 0 Å². The summed E-state index contributed by atoms with van der Waals surface area (Å²) in [7, 11) is 0.944. The molecule has 0 atom stereocenters. The van der Waals surface area contributed by atoms with Gasteiger partial charge in [-0.3, -0.25) is 8.37 Å². The third-order valence-corrected chi connectivity index (χ3v) is 4.36. The van der Waals surface area contributed by atoms with Crippen LogP contribution in [0.4, 0.5) is 0 Å². The first kappa shape index (κ1) is 15.2. The minimum atomic E-state index is -2.19. The van der Waals surface area contributed by atoms with Gasteiger partial charge in [0.25, 0.3) is 0 Å². The van der Waals surface area contributed by atoms with E-state index in [9.17, 15) is 0 Å². The van der Waals surface area contributed by atoms with E-state index in [1.54, 1.807) is 14.2 Å². The largest absolute Gasteiger partial charge is 0.265 e. The van der Waals surface area contributed by atoms with E-state index in [0.29, 0.717) is 0 Å². The fourth-order valence-corrected chi connectivity index (χ4v) is 2.58. The Balaban J connectivity index is 2.30. The molecule has 0 aliphatic heterocycles. The molecule has 0 saturated heterocycles. The van der Waals surface area contributed by atoms with Gasteiger partial charge in [-0.25, -0.2) is 0 Å². The molecule has 0 unspecified atom stereocenters. The van der Waals surface area contributed by atoms with Crippen molar-refractivity contribution < 1.29 is 8.37 Å². The van der Waals surface area contributed by atoms with Gasteiger partial charge in [0.1, 0.15) is 0 Å². The molecule has 0 aliphatic carbocycles. The van der Waals surface area contributed by atoms with Gasteiger partial charge in [-0.05, 0) is 36.1 Å². The topological polar surface area (TPSA) is 18.5 Å². The Morgan fingerprint density at radius 1 is 0.667 bits per heavy atom. The van der Waals surface area contributed by atoms with Gasteiger partial charge in [0.05, 0.1) is 14.2 Å². The molecular formula is C18H16O2S. The lowest BCUT2D eigenvalue weighted by Crippen LogP contribution is -1.99. The van der Waals surface area contributed by atoms with Gasteiger partial charge >= 0.3 is 0 Å². The van der Waals surface area contributed by atoms with Crippen LogP contribution in [0, 0.1) is 22.3 Å². The van der Waals surface area contributed by atoms with E-state index >= 15 is 0 Å². The van der Waals surface area contributed by atoms with Crippen molar-refractivity contribution in [3.05, 3.63) is 71.8 Å². The first-order valence-corrected chi connectivity index (χ1v) is 7.86. The molecular weight excluding hydrogens is 280 g/mol. The Hall–Kier alpha value is -2.17. The maximum atomic E-state index is 5.44. The lowest BCUT2D eigenvalue weighted by atomic mass is 10.2. The van der Waals surface area contributed by atoms with Crippen molar-refractivity contribution in [2.75, 3.05) is 14.2 Å². The van der Waals surface area contributed by atoms with Crippen LogP contribution in [0.2, 0.25) is 0 Å². The third-order valence-electron chi connectivity index (χ3n) is 2.68. The molecule has 2 rings (SSSR count). The zero-order valence-electron chi connectivity index (χ0n) is 12.0. The van der Waals surface area contributed by atoms with Crippen molar-refractivity contribution in [2.45, 2.75) is 0 Å². The fraction of sp³-hybridized carbons (Fsp3) is 0.111. The van der Waals surface area contributed by atoms with E-state index in [1.165, 1.54) is 0 Å². The molecule has 0 heterocycles. The van der Waals surface area contributed by atoms with Crippen LogP contribution >= 0.6 is 10.6 Å². The summed E-state index contributed by atoms with van der Waals surface area (Å²) in [6.07, 6.45) is 0. The highest BCUT2D eigenvalue weighted by Gasteiger charge is 2.11. The molecule has 0 fully saturated rings. The SMILES string of the molecule is COS(C#Cc1ccccc1)(C#Cc1ccccc1)OC. The summed E-state index contributed by atoms with van der Waals surface area (Å²) < 4.78 is 10.9. The van der Waals surface area contributed by atoms with Crippen LogP contribution in [0.1, 0.15) is 11.1 Å². The van der Waals surface area contributed by atoms with Gasteiger partial charge in [0.15, 0.2) is 0 Å². The van der Waals surface area contributed by atoms with Crippen molar-refractivity contribution in [2.24, 2.45) is 0 Å². The summed E-state index contributed by atoms with van der Waals surface area (Å²) in [5.41, 5.74) is 1.81. The normalized spacial score (nSPS) is 10.8. The zero-order valence-corrected chi connectivity index (χ0v) is 12.8. The van der Waals surface area contributed by atoms with Gasteiger partial charge in [-0.15, -0.1) is 0 Å². The minimum Gasteiger partial charge on any atom is -0.265 e. The number of rotatable bonds is 2. The number of hydrogen-bond acceptors (Lipinski definition) is 2. The predicted molar refractivity (Wildman–Crippen MR) is 88.2 cm³/mol. The van der Waals surface area contributed by atoms with E-state index in [1.807, 2.05) is 60.7 Å². The number of benzene rings is 2. The standard InChI is InChI=1S/C18H16O2S/c1-19-21(20-2,15-13-17-9-5-3-6-10-17)16-14-18-11-7-4-8-12-18/h3-12H,1-2H3. The van der Waals surface area contributed by atoms with Crippen molar-refractivity contribution in [3.8, 4) is 22.3 Å². The molecule has 0 aliphatic rings. The predicted octanol–water partition coefficient (Wildman–Crippen LogP) is 3.93. The van der Waals surface area contributed by atoms with Gasteiger partial charge in [0, 0.05) is 21.6 Å². The van der Waals surface area contributed by atoms with E-state index in [-0.39, 0.29) is 0 Å². The summed E-state index contributed by atoms with van der Waals surface area (Å²) in [5, 5.41) is 6.07. The van der Waals surface area contributed by atoms with Crippen LogP contribution in [-0.2, 0) is 8.37 Å². The first-order chi connectivity index (χ1) is 10.3. The fourth-order valence-electron chi connectivity index (χ4n) is 1.56. The second-order valence-corrected chi connectivity index (χ2v) is 6.10. The lowest BCUT2D eigenvalue weighted by Gasteiger charge is -2.27. The molecule has 2 aromatic rings. The van der Waals surface area contributed by atoms with Crippen molar-refractivity contribution in [3.63, 3.8) is 0 Å². The average Bonchev–Trinajstić information content (AvgIpc) is 2.58. The van der Waals surface area contributed by atoms with Crippen LogP contribution in [0.5, 0.6) is 0 Å². The molecule has 0 aromatic heterocycles. The molecule has 21 heavy (non-hydrogen) atoms. The zero-order chi connectivity index (χ0) is 15.0. The maximum absolute atomic E-state index is 5.44. The Bertz CT molecular complexity index is 624. The molecule has 3 heteroatoms. The van der Waals surface area contributed by atoms with Gasteiger partial charge in [-0.2, -0.15) is 0 Å². The maximum Gasteiger partial charge on any atom is 0.0627 e. The van der Waals surface area contributed by atoms with Crippen molar-refractivity contribution >= 4 is 10.6 Å². The van der Waals surface area contributed by atoms with Crippen LogP contribution in [0.3, 0.4) is 0 Å². The smallest absolute Gasteiger partial charge is 0.0627 e. The minimum absolute atomic E-state index is 0.907. The summed E-state index contributed by atoms with van der Waals surface area (Å²) >= 11 is 0. The Kier molecular flexibility index (Phi) is 5.49. The van der Waals surface area contributed by atoms with Gasteiger partial charge in [-0.1, -0.05) is 47.0 Å².